The molecule has 72 valence electrons. The minimum Gasteiger partial charge on any atom is -0.398 e. The zero-order valence-electron chi connectivity index (χ0n) is 8.09. The Morgan fingerprint density at radius 1 is 1.31 bits per heavy atom. The van der Waals surface area contributed by atoms with Crippen molar-refractivity contribution >= 4 is 11.5 Å². The van der Waals surface area contributed by atoms with Crippen LogP contribution < -0.4 is 11.5 Å². The van der Waals surface area contributed by atoms with Crippen molar-refractivity contribution in [2.45, 2.75) is 32.6 Å². The zero-order chi connectivity index (χ0) is 9.68. The zero-order valence-corrected chi connectivity index (χ0v) is 8.09. The number of anilines is 2. The molecular formula is C10H17N3. The maximum absolute atomic E-state index is 5.78. The van der Waals surface area contributed by atoms with E-state index in [9.17, 15) is 0 Å². The van der Waals surface area contributed by atoms with E-state index in [-0.39, 0.29) is 0 Å². The van der Waals surface area contributed by atoms with Crippen LogP contribution in [0, 0.1) is 0 Å². The van der Waals surface area contributed by atoms with E-state index in [2.05, 4.69) is 11.9 Å². The lowest BCUT2D eigenvalue weighted by Gasteiger charge is -2.06. The van der Waals surface area contributed by atoms with Crippen LogP contribution in [-0.2, 0) is 6.42 Å². The van der Waals surface area contributed by atoms with E-state index in [1.165, 1.54) is 12.8 Å². The van der Waals surface area contributed by atoms with Crippen LogP contribution in [0.25, 0.3) is 0 Å². The quantitative estimate of drug-likeness (QED) is 0.694. The lowest BCUT2D eigenvalue weighted by atomic mass is 10.1. The summed E-state index contributed by atoms with van der Waals surface area (Å²) in [6.45, 7) is 2.18. The summed E-state index contributed by atoms with van der Waals surface area (Å²) >= 11 is 0. The van der Waals surface area contributed by atoms with Crippen molar-refractivity contribution in [3.05, 3.63) is 17.8 Å². The van der Waals surface area contributed by atoms with Gasteiger partial charge in [0.25, 0.3) is 0 Å². The van der Waals surface area contributed by atoms with E-state index >= 15 is 0 Å². The first-order chi connectivity index (χ1) is 6.25. The van der Waals surface area contributed by atoms with E-state index in [1.54, 1.807) is 12.3 Å². The number of hydrogen-bond donors (Lipinski definition) is 2. The minimum atomic E-state index is 0.580. The smallest absolute Gasteiger partial charge is 0.128 e. The number of unbranched alkanes of at least 4 members (excludes halogenated alkanes) is 2. The van der Waals surface area contributed by atoms with Gasteiger partial charge >= 0.3 is 0 Å². The molecule has 0 aliphatic heterocycles. The van der Waals surface area contributed by atoms with Gasteiger partial charge in [-0.1, -0.05) is 19.8 Å². The van der Waals surface area contributed by atoms with Gasteiger partial charge < -0.3 is 11.5 Å². The molecule has 1 aromatic heterocycles. The summed E-state index contributed by atoms with van der Waals surface area (Å²) in [5.74, 6) is 0.580. The number of aromatic nitrogens is 1. The van der Waals surface area contributed by atoms with Crippen LogP contribution in [0.2, 0.25) is 0 Å². The van der Waals surface area contributed by atoms with Gasteiger partial charge in [0.1, 0.15) is 5.82 Å². The Kier molecular flexibility index (Phi) is 3.55. The normalized spacial score (nSPS) is 10.2. The average Bonchev–Trinajstić information content (AvgIpc) is 2.10. The second-order valence-electron chi connectivity index (χ2n) is 3.22. The second-order valence-corrected chi connectivity index (χ2v) is 3.22. The number of pyridine rings is 1. The highest BCUT2D eigenvalue weighted by Gasteiger charge is 2.03. The van der Waals surface area contributed by atoms with Crippen molar-refractivity contribution in [3.8, 4) is 0 Å². The Morgan fingerprint density at radius 3 is 2.69 bits per heavy atom. The molecule has 0 unspecified atom stereocenters. The molecule has 3 nitrogen and oxygen atoms in total. The molecule has 0 atom stereocenters. The van der Waals surface area contributed by atoms with Crippen molar-refractivity contribution < 1.29 is 0 Å². The SMILES string of the molecule is CCCCCc1c(N)ccnc1N. The largest absolute Gasteiger partial charge is 0.398 e. The average molecular weight is 179 g/mol. The van der Waals surface area contributed by atoms with Gasteiger partial charge in [0, 0.05) is 17.4 Å². The van der Waals surface area contributed by atoms with Gasteiger partial charge in [-0.2, -0.15) is 0 Å². The van der Waals surface area contributed by atoms with Crippen LogP contribution in [0.4, 0.5) is 11.5 Å². The third-order valence-electron chi connectivity index (χ3n) is 2.16. The number of hydrogen-bond acceptors (Lipinski definition) is 3. The highest BCUT2D eigenvalue weighted by molar-refractivity contribution is 5.56. The molecule has 13 heavy (non-hydrogen) atoms. The lowest BCUT2D eigenvalue weighted by Crippen LogP contribution is -2.02. The fourth-order valence-corrected chi connectivity index (χ4v) is 1.35. The molecule has 4 N–H and O–H groups in total. The molecule has 0 spiro atoms. The van der Waals surface area contributed by atoms with Crippen molar-refractivity contribution in [3.63, 3.8) is 0 Å². The molecule has 3 heteroatoms. The molecule has 0 saturated carbocycles. The van der Waals surface area contributed by atoms with Crippen LogP contribution in [0.5, 0.6) is 0 Å². The highest BCUT2D eigenvalue weighted by Crippen LogP contribution is 2.19. The summed E-state index contributed by atoms with van der Waals surface area (Å²) in [5, 5.41) is 0. The summed E-state index contributed by atoms with van der Waals surface area (Å²) in [7, 11) is 0. The van der Waals surface area contributed by atoms with Gasteiger partial charge in [-0.15, -0.1) is 0 Å². The van der Waals surface area contributed by atoms with Crippen molar-refractivity contribution in [2.24, 2.45) is 0 Å². The third-order valence-corrected chi connectivity index (χ3v) is 2.16. The second kappa shape index (κ2) is 4.70. The third kappa shape index (κ3) is 2.61. The van der Waals surface area contributed by atoms with E-state index in [4.69, 9.17) is 11.5 Å². The summed E-state index contributed by atoms with van der Waals surface area (Å²) in [6.07, 6.45) is 6.15. The highest BCUT2D eigenvalue weighted by atomic mass is 14.8. The minimum absolute atomic E-state index is 0.580. The molecule has 1 rings (SSSR count). The maximum Gasteiger partial charge on any atom is 0.128 e. The van der Waals surface area contributed by atoms with Gasteiger partial charge in [-0.05, 0) is 18.9 Å². The first-order valence-corrected chi connectivity index (χ1v) is 4.74. The van der Waals surface area contributed by atoms with E-state index < -0.39 is 0 Å². The summed E-state index contributed by atoms with van der Waals surface area (Å²) in [6, 6.07) is 1.80. The molecule has 0 bridgehead atoms. The maximum atomic E-state index is 5.78. The van der Waals surface area contributed by atoms with Crippen molar-refractivity contribution in [1.82, 2.24) is 4.98 Å². The standard InChI is InChI=1S/C10H17N3/c1-2-3-4-5-8-9(11)6-7-13-10(8)12/h6-7H,2-5H2,1H3,(H4,11,12,13). The van der Waals surface area contributed by atoms with Crippen LogP contribution >= 0.6 is 0 Å². The summed E-state index contributed by atoms with van der Waals surface area (Å²) in [5.41, 5.74) is 13.3. The Labute approximate surface area is 79.2 Å². The van der Waals surface area contributed by atoms with E-state index in [0.717, 1.165) is 24.1 Å². The van der Waals surface area contributed by atoms with Crippen molar-refractivity contribution in [2.75, 3.05) is 11.5 Å². The number of nitrogens with zero attached hydrogens (tertiary/aromatic N) is 1. The summed E-state index contributed by atoms with van der Waals surface area (Å²) < 4.78 is 0. The molecule has 1 heterocycles. The molecule has 0 saturated heterocycles. The molecule has 0 radical (unpaired) electrons. The Balaban J connectivity index is 2.64. The Bertz CT molecular complexity index is 251. The Hall–Kier alpha value is -1.25. The van der Waals surface area contributed by atoms with Crippen LogP contribution in [-0.4, -0.2) is 4.98 Å². The lowest BCUT2D eigenvalue weighted by molar-refractivity contribution is 0.718. The van der Waals surface area contributed by atoms with Crippen LogP contribution in [0.15, 0.2) is 12.3 Å². The van der Waals surface area contributed by atoms with Gasteiger partial charge in [0.05, 0.1) is 0 Å². The van der Waals surface area contributed by atoms with Crippen molar-refractivity contribution in [1.29, 1.82) is 0 Å². The molecule has 1 aromatic rings. The fourth-order valence-electron chi connectivity index (χ4n) is 1.35. The van der Waals surface area contributed by atoms with Crippen LogP contribution in [0.3, 0.4) is 0 Å². The number of rotatable bonds is 4. The molecule has 0 amide bonds. The monoisotopic (exact) mass is 179 g/mol. The number of nitrogens with two attached hydrogens (primary N) is 2. The van der Waals surface area contributed by atoms with Gasteiger partial charge in [0.15, 0.2) is 0 Å². The topological polar surface area (TPSA) is 64.9 Å². The Morgan fingerprint density at radius 2 is 2.08 bits per heavy atom. The number of nitrogen functional groups attached to an aromatic ring is 2. The predicted octanol–water partition coefficient (Wildman–Crippen LogP) is 1.98. The summed E-state index contributed by atoms with van der Waals surface area (Å²) in [4.78, 5) is 4.02. The van der Waals surface area contributed by atoms with Gasteiger partial charge in [-0.3, -0.25) is 0 Å². The molecule has 0 aliphatic rings. The van der Waals surface area contributed by atoms with Gasteiger partial charge in [0.2, 0.25) is 0 Å². The fraction of sp³-hybridized carbons (Fsp3) is 0.500. The molecule has 0 aliphatic carbocycles. The predicted molar refractivity (Wildman–Crippen MR) is 56.3 cm³/mol. The van der Waals surface area contributed by atoms with E-state index in [1.807, 2.05) is 0 Å². The van der Waals surface area contributed by atoms with E-state index in [0.29, 0.717) is 5.82 Å². The van der Waals surface area contributed by atoms with Crippen LogP contribution in [0.1, 0.15) is 31.7 Å². The first-order valence-electron chi connectivity index (χ1n) is 4.74. The molecule has 0 aromatic carbocycles. The molecular weight excluding hydrogens is 162 g/mol. The first kappa shape index (κ1) is 9.84. The molecule has 0 fully saturated rings. The van der Waals surface area contributed by atoms with Gasteiger partial charge in [-0.25, -0.2) is 4.98 Å².